The van der Waals surface area contributed by atoms with Gasteiger partial charge in [-0.1, -0.05) is 19.3 Å². The first-order valence-electron chi connectivity index (χ1n) is 5.75. The van der Waals surface area contributed by atoms with E-state index in [-0.39, 0.29) is 18.3 Å². The van der Waals surface area contributed by atoms with Crippen molar-refractivity contribution in [3.05, 3.63) is 0 Å². The lowest BCUT2D eigenvalue weighted by Gasteiger charge is -2.26. The topological polar surface area (TPSA) is 49.4 Å². The highest BCUT2D eigenvalue weighted by Gasteiger charge is 2.25. The van der Waals surface area contributed by atoms with Crippen LogP contribution in [0, 0.1) is 12.3 Å². The lowest BCUT2D eigenvalue weighted by Crippen LogP contribution is -2.44. The molecular formula is C11H20N2O2S. The van der Waals surface area contributed by atoms with Gasteiger partial charge in [-0.05, 0) is 19.4 Å². The average Bonchev–Trinajstić information content (AvgIpc) is 2.26. The van der Waals surface area contributed by atoms with Gasteiger partial charge in [-0.25, -0.2) is 8.42 Å². The molecule has 92 valence electrons. The van der Waals surface area contributed by atoms with Crippen LogP contribution >= 0.6 is 0 Å². The van der Waals surface area contributed by atoms with Crippen molar-refractivity contribution < 1.29 is 8.42 Å². The van der Waals surface area contributed by atoms with E-state index in [1.54, 1.807) is 0 Å². The lowest BCUT2D eigenvalue weighted by atomic mass is 10.1. The second-order valence-corrected chi connectivity index (χ2v) is 6.07. The second kappa shape index (κ2) is 6.24. The van der Waals surface area contributed by atoms with Crippen LogP contribution in [0.2, 0.25) is 0 Å². The van der Waals surface area contributed by atoms with Gasteiger partial charge in [0.2, 0.25) is 10.0 Å². The number of terminal acetylenes is 1. The van der Waals surface area contributed by atoms with E-state index in [0.29, 0.717) is 6.54 Å². The molecule has 0 amide bonds. The van der Waals surface area contributed by atoms with Crippen molar-refractivity contribution in [2.75, 3.05) is 25.4 Å². The van der Waals surface area contributed by atoms with Crippen LogP contribution in [0.3, 0.4) is 0 Å². The number of nitrogens with zero attached hydrogens (tertiary/aromatic N) is 1. The minimum atomic E-state index is -3.21. The molecule has 0 radical (unpaired) electrons. The zero-order chi connectivity index (χ0) is 12.0. The first-order valence-corrected chi connectivity index (χ1v) is 7.35. The van der Waals surface area contributed by atoms with E-state index in [9.17, 15) is 8.42 Å². The Balaban J connectivity index is 2.58. The fourth-order valence-corrected chi connectivity index (χ4v) is 3.60. The van der Waals surface area contributed by atoms with E-state index < -0.39 is 10.0 Å². The molecule has 0 aliphatic carbocycles. The molecule has 5 heteroatoms. The van der Waals surface area contributed by atoms with Crippen LogP contribution in [0.1, 0.15) is 26.2 Å². The molecule has 1 unspecified atom stereocenters. The second-order valence-electron chi connectivity index (χ2n) is 4.06. The summed E-state index contributed by atoms with van der Waals surface area (Å²) in [4.78, 5) is 0. The van der Waals surface area contributed by atoms with E-state index >= 15 is 0 Å². The lowest BCUT2D eigenvalue weighted by molar-refractivity contribution is 0.407. The van der Waals surface area contributed by atoms with Crippen molar-refractivity contribution in [1.29, 1.82) is 0 Å². The van der Waals surface area contributed by atoms with E-state index in [2.05, 4.69) is 11.2 Å². The summed E-state index contributed by atoms with van der Waals surface area (Å²) in [6.45, 7) is 3.34. The Kier molecular flexibility index (Phi) is 5.26. The van der Waals surface area contributed by atoms with Gasteiger partial charge in [0.05, 0.1) is 12.3 Å². The maximum atomic E-state index is 12.0. The van der Waals surface area contributed by atoms with Crippen LogP contribution in [0.15, 0.2) is 0 Å². The van der Waals surface area contributed by atoms with Gasteiger partial charge in [-0.3, -0.25) is 0 Å². The highest BCUT2D eigenvalue weighted by atomic mass is 32.2. The molecule has 0 aromatic heterocycles. The Bertz CT molecular complexity index is 339. The van der Waals surface area contributed by atoms with E-state index in [1.807, 2.05) is 6.92 Å². The summed E-state index contributed by atoms with van der Waals surface area (Å²) >= 11 is 0. The van der Waals surface area contributed by atoms with Crippen molar-refractivity contribution in [2.45, 2.75) is 32.2 Å². The molecule has 1 heterocycles. The molecule has 4 nitrogen and oxygen atoms in total. The molecule has 0 bridgehead atoms. The quantitative estimate of drug-likeness (QED) is 0.713. The van der Waals surface area contributed by atoms with Gasteiger partial charge >= 0.3 is 0 Å². The van der Waals surface area contributed by atoms with Crippen LogP contribution in [0.25, 0.3) is 0 Å². The number of hydrogen-bond donors (Lipinski definition) is 1. The third kappa shape index (κ3) is 3.78. The summed E-state index contributed by atoms with van der Waals surface area (Å²) in [5, 5.41) is 3.24. The summed E-state index contributed by atoms with van der Waals surface area (Å²) in [7, 11) is -3.21. The smallest absolute Gasteiger partial charge is 0.216 e. The van der Waals surface area contributed by atoms with Crippen molar-refractivity contribution in [3.8, 4) is 12.3 Å². The highest BCUT2D eigenvalue weighted by Crippen LogP contribution is 2.11. The normalized spacial score (nSPS) is 21.9. The molecule has 1 N–H and O–H groups in total. The van der Waals surface area contributed by atoms with Crippen LogP contribution in [0.5, 0.6) is 0 Å². The molecule has 0 saturated carbocycles. The molecule has 1 fully saturated rings. The third-order valence-corrected chi connectivity index (χ3v) is 4.84. The maximum Gasteiger partial charge on any atom is 0.216 e. The summed E-state index contributed by atoms with van der Waals surface area (Å²) < 4.78 is 25.4. The molecule has 1 aliphatic rings. The number of sulfonamides is 1. The summed E-state index contributed by atoms with van der Waals surface area (Å²) in [5.74, 6) is 2.56. The molecular weight excluding hydrogens is 224 g/mol. The summed E-state index contributed by atoms with van der Waals surface area (Å²) in [6.07, 6.45) is 8.34. The van der Waals surface area contributed by atoms with Gasteiger partial charge in [-0.15, -0.1) is 6.42 Å². The molecule has 16 heavy (non-hydrogen) atoms. The standard InChI is InChI=1S/C11H20N2O2S/c1-3-9-13(4-2)16(14,15)10-11-7-5-6-8-12-11/h1,11-12H,4-10H2,2H3. The van der Waals surface area contributed by atoms with E-state index in [4.69, 9.17) is 6.42 Å². The first kappa shape index (κ1) is 13.5. The molecule has 1 saturated heterocycles. The molecule has 0 aromatic rings. The molecule has 0 spiro atoms. The minimum Gasteiger partial charge on any atom is -0.313 e. The average molecular weight is 244 g/mol. The zero-order valence-corrected chi connectivity index (χ0v) is 10.6. The summed E-state index contributed by atoms with van der Waals surface area (Å²) in [5.41, 5.74) is 0. The minimum absolute atomic E-state index is 0.0885. The monoisotopic (exact) mass is 244 g/mol. The molecule has 1 atom stereocenters. The molecule has 1 rings (SSSR count). The van der Waals surface area contributed by atoms with Gasteiger partial charge in [0, 0.05) is 12.6 Å². The van der Waals surface area contributed by atoms with Gasteiger partial charge in [-0.2, -0.15) is 4.31 Å². The van der Waals surface area contributed by atoms with Gasteiger partial charge < -0.3 is 5.32 Å². The molecule has 0 aromatic carbocycles. The van der Waals surface area contributed by atoms with Crippen LogP contribution in [-0.2, 0) is 10.0 Å². The zero-order valence-electron chi connectivity index (χ0n) is 9.78. The van der Waals surface area contributed by atoms with Gasteiger partial charge in [0.1, 0.15) is 0 Å². The third-order valence-electron chi connectivity index (χ3n) is 2.84. The predicted octanol–water partition coefficient (Wildman–Crippen LogP) is 0.413. The number of piperidine rings is 1. The van der Waals surface area contributed by atoms with Crippen molar-refractivity contribution in [2.24, 2.45) is 0 Å². The van der Waals surface area contributed by atoms with Crippen LogP contribution in [0.4, 0.5) is 0 Å². The maximum absolute atomic E-state index is 12.0. The number of rotatable bonds is 5. The predicted molar refractivity (Wildman–Crippen MR) is 65.5 cm³/mol. The Morgan fingerprint density at radius 1 is 1.50 bits per heavy atom. The number of nitrogens with one attached hydrogen (secondary N) is 1. The number of hydrogen-bond acceptors (Lipinski definition) is 3. The van der Waals surface area contributed by atoms with Crippen molar-refractivity contribution in [1.82, 2.24) is 9.62 Å². The van der Waals surface area contributed by atoms with E-state index in [1.165, 1.54) is 4.31 Å². The van der Waals surface area contributed by atoms with Gasteiger partial charge in [0.25, 0.3) is 0 Å². The van der Waals surface area contributed by atoms with Crippen LogP contribution in [-0.4, -0.2) is 44.2 Å². The first-order chi connectivity index (χ1) is 7.60. The van der Waals surface area contributed by atoms with Crippen molar-refractivity contribution >= 4 is 10.0 Å². The Morgan fingerprint density at radius 3 is 2.75 bits per heavy atom. The SMILES string of the molecule is C#CCN(CC)S(=O)(=O)CC1CCCCN1. The fraction of sp³-hybridized carbons (Fsp3) is 0.818. The Hall–Kier alpha value is -0.570. The van der Waals surface area contributed by atoms with E-state index in [0.717, 1.165) is 25.8 Å². The molecule has 1 aliphatic heterocycles. The largest absolute Gasteiger partial charge is 0.313 e. The fourth-order valence-electron chi connectivity index (χ4n) is 1.93. The van der Waals surface area contributed by atoms with Crippen molar-refractivity contribution in [3.63, 3.8) is 0 Å². The Morgan fingerprint density at radius 2 is 2.25 bits per heavy atom. The van der Waals surface area contributed by atoms with Crippen LogP contribution < -0.4 is 5.32 Å². The highest BCUT2D eigenvalue weighted by molar-refractivity contribution is 7.89. The summed E-state index contributed by atoms with van der Waals surface area (Å²) in [6, 6.07) is 0.0885. The Labute approximate surface area is 98.5 Å². The van der Waals surface area contributed by atoms with Gasteiger partial charge in [0.15, 0.2) is 0 Å².